The number of rotatable bonds is 7. The van der Waals surface area contributed by atoms with Gasteiger partial charge in [-0.1, -0.05) is 6.42 Å². The highest BCUT2D eigenvalue weighted by Gasteiger charge is 2.36. The average Bonchev–Trinajstić information content (AvgIpc) is 2.61. The Morgan fingerprint density at radius 3 is 2.68 bits per heavy atom. The number of ether oxygens (including phenoxy) is 1. The molecule has 0 amide bonds. The summed E-state index contributed by atoms with van der Waals surface area (Å²) in [6.45, 7) is 9.26. The number of hydrogen-bond donors (Lipinski definition) is 1. The Bertz CT molecular complexity index is 410. The van der Waals surface area contributed by atoms with Crippen molar-refractivity contribution in [2.75, 3.05) is 20.3 Å². The van der Waals surface area contributed by atoms with E-state index in [4.69, 9.17) is 4.74 Å². The van der Waals surface area contributed by atoms with Crippen LogP contribution in [0.25, 0.3) is 0 Å². The summed E-state index contributed by atoms with van der Waals surface area (Å²) in [6.07, 6.45) is 3.93. The Balaban J connectivity index is 1.81. The van der Waals surface area contributed by atoms with Crippen LogP contribution in [0.1, 0.15) is 37.6 Å². The van der Waals surface area contributed by atoms with Crippen molar-refractivity contribution in [2.45, 2.75) is 52.6 Å². The van der Waals surface area contributed by atoms with E-state index in [0.717, 1.165) is 25.4 Å². The summed E-state index contributed by atoms with van der Waals surface area (Å²) in [7, 11) is 1.80. The highest BCUT2D eigenvalue weighted by atomic mass is 16.5. The molecule has 108 valence electrons. The maximum absolute atomic E-state index is 5.36. The standard InChI is InChI=1S/C15H27N3O/c1-12-8-14(3)18(17-12)9-13(2)16-10-15(11-19-4)6-5-7-15/h8,13,16H,5-7,9-11H2,1-4H3. The van der Waals surface area contributed by atoms with E-state index in [9.17, 15) is 0 Å². The number of nitrogens with zero attached hydrogens (tertiary/aromatic N) is 2. The second-order valence-electron chi connectivity index (χ2n) is 6.18. The molecular formula is C15H27N3O. The van der Waals surface area contributed by atoms with E-state index < -0.39 is 0 Å². The van der Waals surface area contributed by atoms with Crippen LogP contribution in [0.15, 0.2) is 6.07 Å². The van der Waals surface area contributed by atoms with E-state index in [0.29, 0.717) is 11.5 Å². The Morgan fingerprint density at radius 2 is 2.21 bits per heavy atom. The fraction of sp³-hybridized carbons (Fsp3) is 0.800. The molecule has 1 aliphatic rings. The van der Waals surface area contributed by atoms with Crippen LogP contribution in [0, 0.1) is 19.3 Å². The van der Waals surface area contributed by atoms with Gasteiger partial charge >= 0.3 is 0 Å². The smallest absolute Gasteiger partial charge is 0.0596 e. The van der Waals surface area contributed by atoms with Crippen molar-refractivity contribution in [2.24, 2.45) is 5.41 Å². The molecule has 0 spiro atoms. The van der Waals surface area contributed by atoms with E-state index in [1.165, 1.54) is 25.0 Å². The van der Waals surface area contributed by atoms with Crippen LogP contribution in [0.4, 0.5) is 0 Å². The molecule has 19 heavy (non-hydrogen) atoms. The number of nitrogens with one attached hydrogen (secondary N) is 1. The molecule has 0 radical (unpaired) electrons. The molecular weight excluding hydrogens is 238 g/mol. The van der Waals surface area contributed by atoms with Gasteiger partial charge in [0.15, 0.2) is 0 Å². The zero-order valence-electron chi connectivity index (χ0n) is 12.7. The van der Waals surface area contributed by atoms with Gasteiger partial charge in [0, 0.05) is 30.8 Å². The number of aryl methyl sites for hydroxylation is 2. The molecule has 1 atom stereocenters. The maximum atomic E-state index is 5.36. The second-order valence-corrected chi connectivity index (χ2v) is 6.18. The first-order chi connectivity index (χ1) is 9.04. The Hall–Kier alpha value is -0.870. The first-order valence-electron chi connectivity index (χ1n) is 7.28. The largest absolute Gasteiger partial charge is 0.384 e. The van der Waals surface area contributed by atoms with Gasteiger partial charge in [-0.05, 0) is 39.7 Å². The first-order valence-corrected chi connectivity index (χ1v) is 7.28. The van der Waals surface area contributed by atoms with Crippen molar-refractivity contribution in [3.63, 3.8) is 0 Å². The lowest BCUT2D eigenvalue weighted by molar-refractivity contribution is 0.0158. The van der Waals surface area contributed by atoms with Crippen LogP contribution in [0.3, 0.4) is 0 Å². The normalized spacial score (nSPS) is 19.2. The summed E-state index contributed by atoms with van der Waals surface area (Å²) in [5.74, 6) is 0. The van der Waals surface area contributed by atoms with Crippen LogP contribution in [0.2, 0.25) is 0 Å². The van der Waals surface area contributed by atoms with Gasteiger partial charge in [0.1, 0.15) is 0 Å². The van der Waals surface area contributed by atoms with Gasteiger partial charge < -0.3 is 10.1 Å². The third-order valence-corrected chi connectivity index (χ3v) is 4.24. The second kappa shape index (κ2) is 6.06. The highest BCUT2D eigenvalue weighted by Crippen LogP contribution is 2.40. The molecule has 0 aromatic carbocycles. The van der Waals surface area contributed by atoms with Crippen molar-refractivity contribution in [3.8, 4) is 0 Å². The Labute approximate surface area is 116 Å². The molecule has 0 bridgehead atoms. The van der Waals surface area contributed by atoms with Crippen molar-refractivity contribution in [3.05, 3.63) is 17.5 Å². The zero-order chi connectivity index (χ0) is 13.9. The van der Waals surface area contributed by atoms with Crippen molar-refractivity contribution >= 4 is 0 Å². The van der Waals surface area contributed by atoms with Crippen molar-refractivity contribution in [1.29, 1.82) is 0 Å². The average molecular weight is 265 g/mol. The minimum absolute atomic E-state index is 0.387. The van der Waals surface area contributed by atoms with Gasteiger partial charge in [-0.25, -0.2) is 0 Å². The topological polar surface area (TPSA) is 39.1 Å². The molecule has 1 fully saturated rings. The van der Waals surface area contributed by atoms with Gasteiger partial charge in [0.2, 0.25) is 0 Å². The third kappa shape index (κ3) is 3.57. The van der Waals surface area contributed by atoms with E-state index in [-0.39, 0.29) is 0 Å². The minimum Gasteiger partial charge on any atom is -0.384 e. The molecule has 1 aliphatic carbocycles. The van der Waals surface area contributed by atoms with Crippen LogP contribution in [0.5, 0.6) is 0 Å². The predicted octanol–water partition coefficient (Wildman–Crippen LogP) is 2.29. The van der Waals surface area contributed by atoms with Crippen LogP contribution < -0.4 is 5.32 Å². The first kappa shape index (κ1) is 14.5. The monoisotopic (exact) mass is 265 g/mol. The number of hydrogen-bond acceptors (Lipinski definition) is 3. The van der Waals surface area contributed by atoms with Crippen LogP contribution >= 0.6 is 0 Å². The Morgan fingerprint density at radius 1 is 1.47 bits per heavy atom. The summed E-state index contributed by atoms with van der Waals surface area (Å²) in [4.78, 5) is 0. The van der Waals surface area contributed by atoms with Gasteiger partial charge in [0.25, 0.3) is 0 Å². The molecule has 1 aromatic heterocycles. The molecule has 0 saturated heterocycles. The molecule has 4 nitrogen and oxygen atoms in total. The molecule has 1 saturated carbocycles. The summed E-state index contributed by atoms with van der Waals surface area (Å²) >= 11 is 0. The minimum atomic E-state index is 0.387. The molecule has 2 rings (SSSR count). The summed E-state index contributed by atoms with van der Waals surface area (Å²) in [6, 6.07) is 2.57. The fourth-order valence-corrected chi connectivity index (χ4v) is 2.93. The molecule has 1 N–H and O–H groups in total. The van der Waals surface area contributed by atoms with Gasteiger partial charge in [-0.3, -0.25) is 4.68 Å². The lowest BCUT2D eigenvalue weighted by Gasteiger charge is -2.42. The molecule has 0 aliphatic heterocycles. The summed E-state index contributed by atoms with van der Waals surface area (Å²) in [5, 5.41) is 8.17. The summed E-state index contributed by atoms with van der Waals surface area (Å²) in [5.41, 5.74) is 2.72. The van der Waals surface area contributed by atoms with Crippen LogP contribution in [-0.4, -0.2) is 36.1 Å². The van der Waals surface area contributed by atoms with Gasteiger partial charge in [0.05, 0.1) is 18.8 Å². The van der Waals surface area contributed by atoms with E-state index in [2.05, 4.69) is 35.0 Å². The molecule has 4 heteroatoms. The van der Waals surface area contributed by atoms with E-state index in [1.807, 2.05) is 6.92 Å². The predicted molar refractivity (Wildman–Crippen MR) is 77.3 cm³/mol. The molecule has 1 aromatic rings. The highest BCUT2D eigenvalue weighted by molar-refractivity contribution is 5.06. The van der Waals surface area contributed by atoms with E-state index >= 15 is 0 Å². The van der Waals surface area contributed by atoms with Gasteiger partial charge in [-0.15, -0.1) is 0 Å². The van der Waals surface area contributed by atoms with Crippen molar-refractivity contribution in [1.82, 2.24) is 15.1 Å². The number of methoxy groups -OCH3 is 1. The zero-order valence-corrected chi connectivity index (χ0v) is 12.7. The lowest BCUT2D eigenvalue weighted by Crippen LogP contribution is -2.46. The van der Waals surface area contributed by atoms with Crippen molar-refractivity contribution < 1.29 is 4.74 Å². The molecule has 1 unspecified atom stereocenters. The van der Waals surface area contributed by atoms with Crippen LogP contribution in [-0.2, 0) is 11.3 Å². The fourth-order valence-electron chi connectivity index (χ4n) is 2.93. The van der Waals surface area contributed by atoms with Gasteiger partial charge in [-0.2, -0.15) is 5.10 Å². The maximum Gasteiger partial charge on any atom is 0.0596 e. The van der Waals surface area contributed by atoms with E-state index in [1.54, 1.807) is 7.11 Å². The summed E-state index contributed by atoms with van der Waals surface area (Å²) < 4.78 is 7.46. The third-order valence-electron chi connectivity index (χ3n) is 4.24. The SMILES string of the molecule is COCC1(CNC(C)Cn2nc(C)cc2C)CCC1. The lowest BCUT2D eigenvalue weighted by atomic mass is 9.69. The molecule has 1 heterocycles. The Kier molecular flexibility index (Phi) is 4.63. The number of aromatic nitrogens is 2. The quantitative estimate of drug-likeness (QED) is 0.822.